The highest BCUT2D eigenvalue weighted by Gasteiger charge is 2.26. The molecule has 3 nitrogen and oxygen atoms in total. The molecule has 1 atom stereocenters. The molecule has 1 N–H and O–H groups in total. The Morgan fingerprint density at radius 3 is 3.17 bits per heavy atom. The fraction of sp³-hybridized carbons (Fsp3) is 0.357. The smallest absolute Gasteiger partial charge is 0.123 e. The number of likely N-dealkylation sites (tertiary alicyclic amines) is 1. The van der Waals surface area contributed by atoms with E-state index in [1.807, 2.05) is 18.5 Å². The minimum atomic E-state index is -0.161. The fourth-order valence-corrected chi connectivity index (χ4v) is 2.71. The number of nitrogens with one attached hydrogen (secondary N) is 1. The van der Waals surface area contributed by atoms with Crippen LogP contribution in [0.15, 0.2) is 36.7 Å². The van der Waals surface area contributed by atoms with Crippen LogP contribution in [0.25, 0.3) is 0 Å². The minimum absolute atomic E-state index is 0.161. The summed E-state index contributed by atoms with van der Waals surface area (Å²) in [6, 6.07) is 7.26. The quantitative estimate of drug-likeness (QED) is 0.901. The molecule has 1 aliphatic rings. The molecule has 1 aromatic carbocycles. The Hall–Kier alpha value is -1.68. The Labute approximate surface area is 106 Å². The van der Waals surface area contributed by atoms with Gasteiger partial charge in [0.25, 0.3) is 0 Å². The van der Waals surface area contributed by atoms with Gasteiger partial charge in [0.05, 0.1) is 6.20 Å². The lowest BCUT2D eigenvalue weighted by Gasteiger charge is -2.23. The lowest BCUT2D eigenvalue weighted by Crippen LogP contribution is -2.22. The lowest BCUT2D eigenvalue weighted by molar-refractivity contribution is 0.248. The van der Waals surface area contributed by atoms with Crippen LogP contribution in [0.4, 0.5) is 4.39 Å². The van der Waals surface area contributed by atoms with Crippen LogP contribution in [0.5, 0.6) is 0 Å². The molecule has 0 aliphatic carbocycles. The number of halogens is 1. The third kappa shape index (κ3) is 2.29. The highest BCUT2D eigenvalue weighted by Crippen LogP contribution is 2.32. The maximum atomic E-state index is 13.2. The maximum Gasteiger partial charge on any atom is 0.123 e. The molecular formula is C14H16FN3. The third-order valence-corrected chi connectivity index (χ3v) is 3.54. The lowest BCUT2D eigenvalue weighted by atomic mass is 10.1. The van der Waals surface area contributed by atoms with Crippen LogP contribution in [0.3, 0.4) is 0 Å². The molecule has 0 saturated carbocycles. The molecule has 94 valence electrons. The van der Waals surface area contributed by atoms with Gasteiger partial charge < -0.3 is 0 Å². The predicted molar refractivity (Wildman–Crippen MR) is 67.4 cm³/mol. The molecule has 0 amide bonds. The fourth-order valence-electron chi connectivity index (χ4n) is 2.71. The second kappa shape index (κ2) is 4.90. The van der Waals surface area contributed by atoms with Crippen molar-refractivity contribution in [1.29, 1.82) is 0 Å². The van der Waals surface area contributed by atoms with Gasteiger partial charge in [0.2, 0.25) is 0 Å². The van der Waals surface area contributed by atoms with Crippen molar-refractivity contribution in [2.75, 3.05) is 6.54 Å². The van der Waals surface area contributed by atoms with Crippen molar-refractivity contribution in [2.24, 2.45) is 0 Å². The summed E-state index contributed by atoms with van der Waals surface area (Å²) in [5, 5.41) is 6.87. The molecule has 3 rings (SSSR count). The number of aromatic nitrogens is 2. The monoisotopic (exact) mass is 245 g/mol. The van der Waals surface area contributed by atoms with Gasteiger partial charge >= 0.3 is 0 Å². The SMILES string of the molecule is Fc1cccc(CN2CCCC2c2cn[nH]c2)c1. The van der Waals surface area contributed by atoms with Crippen LogP contribution in [0.1, 0.15) is 30.0 Å². The summed E-state index contributed by atoms with van der Waals surface area (Å²) in [5.41, 5.74) is 2.26. The number of hydrogen-bond donors (Lipinski definition) is 1. The first kappa shape index (κ1) is 11.4. The van der Waals surface area contributed by atoms with E-state index in [4.69, 9.17) is 0 Å². The molecule has 18 heavy (non-hydrogen) atoms. The van der Waals surface area contributed by atoms with Gasteiger partial charge in [0, 0.05) is 24.3 Å². The van der Waals surface area contributed by atoms with Crippen molar-refractivity contribution in [3.63, 3.8) is 0 Å². The van der Waals surface area contributed by atoms with Gasteiger partial charge in [-0.3, -0.25) is 10.00 Å². The van der Waals surface area contributed by atoms with E-state index >= 15 is 0 Å². The molecular weight excluding hydrogens is 229 g/mol. The zero-order chi connectivity index (χ0) is 12.4. The van der Waals surface area contributed by atoms with Crippen LogP contribution < -0.4 is 0 Å². The summed E-state index contributed by atoms with van der Waals surface area (Å²) in [5.74, 6) is -0.161. The van der Waals surface area contributed by atoms with E-state index < -0.39 is 0 Å². The summed E-state index contributed by atoms with van der Waals surface area (Å²) in [7, 11) is 0. The largest absolute Gasteiger partial charge is 0.292 e. The average Bonchev–Trinajstić information content (AvgIpc) is 2.98. The summed E-state index contributed by atoms with van der Waals surface area (Å²) in [6.07, 6.45) is 6.17. The topological polar surface area (TPSA) is 31.9 Å². The summed E-state index contributed by atoms with van der Waals surface area (Å²) in [4.78, 5) is 2.39. The van der Waals surface area contributed by atoms with Crippen LogP contribution >= 0.6 is 0 Å². The molecule has 1 aliphatic heterocycles. The predicted octanol–water partition coefficient (Wildman–Crippen LogP) is 2.89. The molecule has 0 spiro atoms. The third-order valence-electron chi connectivity index (χ3n) is 3.54. The van der Waals surface area contributed by atoms with E-state index in [1.165, 1.54) is 18.1 Å². The van der Waals surface area contributed by atoms with Crippen molar-refractivity contribution in [3.8, 4) is 0 Å². The summed E-state index contributed by atoms with van der Waals surface area (Å²) >= 11 is 0. The first-order chi connectivity index (χ1) is 8.83. The first-order valence-electron chi connectivity index (χ1n) is 6.30. The normalized spacial score (nSPS) is 20.4. The Bertz CT molecular complexity index is 510. The number of rotatable bonds is 3. The Balaban J connectivity index is 1.76. The number of benzene rings is 1. The highest BCUT2D eigenvalue weighted by atomic mass is 19.1. The second-order valence-electron chi connectivity index (χ2n) is 4.79. The Morgan fingerprint density at radius 2 is 2.39 bits per heavy atom. The number of hydrogen-bond acceptors (Lipinski definition) is 2. The van der Waals surface area contributed by atoms with Crippen LogP contribution in [0.2, 0.25) is 0 Å². The zero-order valence-electron chi connectivity index (χ0n) is 10.1. The molecule has 0 bridgehead atoms. The standard InChI is InChI=1S/C14H16FN3/c15-13-4-1-3-11(7-13)10-18-6-2-5-14(18)12-8-16-17-9-12/h1,3-4,7-9,14H,2,5-6,10H2,(H,16,17). The molecule has 1 fully saturated rings. The Morgan fingerprint density at radius 1 is 1.44 bits per heavy atom. The van der Waals surface area contributed by atoms with E-state index in [-0.39, 0.29) is 5.82 Å². The van der Waals surface area contributed by atoms with Crippen molar-refractivity contribution in [1.82, 2.24) is 15.1 Å². The Kier molecular flexibility index (Phi) is 3.11. The van der Waals surface area contributed by atoms with Crippen LogP contribution in [-0.2, 0) is 6.54 Å². The summed E-state index contributed by atoms with van der Waals surface area (Å²) in [6.45, 7) is 1.86. The van der Waals surface area contributed by atoms with Gasteiger partial charge in [-0.15, -0.1) is 0 Å². The van der Waals surface area contributed by atoms with E-state index in [0.717, 1.165) is 25.1 Å². The molecule has 2 heterocycles. The van der Waals surface area contributed by atoms with Gasteiger partial charge in [0.1, 0.15) is 5.82 Å². The second-order valence-corrected chi connectivity index (χ2v) is 4.79. The van der Waals surface area contributed by atoms with Crippen molar-refractivity contribution in [3.05, 3.63) is 53.6 Å². The van der Waals surface area contributed by atoms with E-state index in [0.29, 0.717) is 6.04 Å². The van der Waals surface area contributed by atoms with Crippen molar-refractivity contribution >= 4 is 0 Å². The van der Waals surface area contributed by atoms with E-state index in [9.17, 15) is 4.39 Å². The number of H-pyrrole nitrogens is 1. The number of nitrogens with zero attached hydrogens (tertiary/aromatic N) is 2. The van der Waals surface area contributed by atoms with E-state index in [1.54, 1.807) is 12.1 Å². The van der Waals surface area contributed by atoms with Crippen molar-refractivity contribution < 1.29 is 4.39 Å². The van der Waals surface area contributed by atoms with Gasteiger partial charge in [-0.1, -0.05) is 12.1 Å². The molecule has 2 aromatic rings. The average molecular weight is 245 g/mol. The molecule has 1 aromatic heterocycles. The molecule has 4 heteroatoms. The molecule has 1 saturated heterocycles. The van der Waals surface area contributed by atoms with Gasteiger partial charge in [-0.05, 0) is 37.1 Å². The van der Waals surface area contributed by atoms with Gasteiger partial charge in [0.15, 0.2) is 0 Å². The molecule has 1 unspecified atom stereocenters. The van der Waals surface area contributed by atoms with Gasteiger partial charge in [-0.2, -0.15) is 5.10 Å². The first-order valence-corrected chi connectivity index (χ1v) is 6.30. The molecule has 0 radical (unpaired) electrons. The van der Waals surface area contributed by atoms with Crippen LogP contribution in [-0.4, -0.2) is 21.6 Å². The summed E-state index contributed by atoms with van der Waals surface area (Å²) < 4.78 is 13.2. The van der Waals surface area contributed by atoms with E-state index in [2.05, 4.69) is 15.1 Å². The van der Waals surface area contributed by atoms with Crippen LogP contribution in [0, 0.1) is 5.82 Å². The van der Waals surface area contributed by atoms with Crippen molar-refractivity contribution in [2.45, 2.75) is 25.4 Å². The highest BCUT2D eigenvalue weighted by molar-refractivity contribution is 5.18. The van der Waals surface area contributed by atoms with Gasteiger partial charge in [-0.25, -0.2) is 4.39 Å². The maximum absolute atomic E-state index is 13.2. The minimum Gasteiger partial charge on any atom is -0.292 e. The zero-order valence-corrected chi connectivity index (χ0v) is 10.1. The number of aromatic amines is 1.